The molecule has 0 aliphatic carbocycles. The van der Waals surface area contributed by atoms with Crippen LogP contribution in [0.15, 0.2) is 57.9 Å². The summed E-state index contributed by atoms with van der Waals surface area (Å²) in [5.41, 5.74) is 2.72. The van der Waals surface area contributed by atoms with Gasteiger partial charge in [-0.25, -0.2) is 4.98 Å². The minimum Gasteiger partial charge on any atom is -0.504 e. The molecule has 33 heavy (non-hydrogen) atoms. The molecule has 3 heterocycles. The van der Waals surface area contributed by atoms with Gasteiger partial charge in [0, 0.05) is 6.20 Å². The number of pyridine rings is 1. The Bertz CT molecular complexity index is 1490. The average molecular weight is 463 g/mol. The first-order chi connectivity index (χ1) is 15.8. The van der Waals surface area contributed by atoms with E-state index in [0.29, 0.717) is 27.4 Å². The lowest BCUT2D eigenvalue weighted by molar-refractivity contribution is 0.0970. The minimum absolute atomic E-state index is 0.0375. The Morgan fingerprint density at radius 1 is 1.09 bits per heavy atom. The van der Waals surface area contributed by atoms with Crippen LogP contribution in [-0.4, -0.2) is 23.1 Å². The molecule has 0 saturated carbocycles. The number of phenolic OH excluding ortho intramolecular Hbond substituents is 1. The summed E-state index contributed by atoms with van der Waals surface area (Å²) in [4.78, 5) is 33.0. The van der Waals surface area contributed by atoms with E-state index >= 15 is 0 Å². The molecule has 0 radical (unpaired) electrons. The fourth-order valence-corrected chi connectivity index (χ4v) is 4.27. The van der Waals surface area contributed by atoms with Crippen molar-refractivity contribution in [2.24, 2.45) is 0 Å². The van der Waals surface area contributed by atoms with Crippen molar-refractivity contribution in [2.45, 2.75) is 19.9 Å². The van der Waals surface area contributed by atoms with Gasteiger partial charge in [0.1, 0.15) is 11.4 Å². The average Bonchev–Trinajstić information content (AvgIpc) is 3.09. The number of fused-ring (bicyclic) bond motifs is 2. The summed E-state index contributed by atoms with van der Waals surface area (Å²) in [5.74, 6) is -0.0602. The third-order valence-corrected chi connectivity index (χ3v) is 6.19. The van der Waals surface area contributed by atoms with Crippen LogP contribution < -0.4 is 15.1 Å². The molecule has 4 aromatic rings. The van der Waals surface area contributed by atoms with Gasteiger partial charge in [-0.15, -0.1) is 0 Å². The van der Waals surface area contributed by atoms with E-state index in [2.05, 4.69) is 4.98 Å². The normalized spacial score (nSPS) is 15.2. The largest absolute Gasteiger partial charge is 0.504 e. The molecule has 0 spiro atoms. The Balaban J connectivity index is 1.83. The van der Waals surface area contributed by atoms with Crippen molar-refractivity contribution in [1.82, 2.24) is 4.98 Å². The van der Waals surface area contributed by atoms with Crippen molar-refractivity contribution in [3.05, 3.63) is 91.9 Å². The van der Waals surface area contributed by atoms with Crippen LogP contribution in [0.3, 0.4) is 0 Å². The number of anilines is 1. The number of hydrogen-bond donors (Lipinski definition) is 1. The topological polar surface area (TPSA) is 92.9 Å². The number of aryl methyl sites for hydroxylation is 2. The standard InChI is InChI=1S/C25H19ClN2O5/c1-12-8-16-18(9-13(12)2)33-24-21(23(16)30)22(14-4-6-17(29)19(10-14)32-3)28(25(24)31)20-7-5-15(26)11-27-20/h4-11,22,29H,1-3H3. The van der Waals surface area contributed by atoms with E-state index in [1.807, 2.05) is 13.8 Å². The Morgan fingerprint density at radius 3 is 2.55 bits per heavy atom. The summed E-state index contributed by atoms with van der Waals surface area (Å²) in [7, 11) is 1.43. The maximum atomic E-state index is 13.7. The summed E-state index contributed by atoms with van der Waals surface area (Å²) in [6.07, 6.45) is 1.43. The third kappa shape index (κ3) is 3.24. The highest BCUT2D eigenvalue weighted by Crippen LogP contribution is 2.42. The zero-order valence-electron chi connectivity index (χ0n) is 18.0. The highest BCUT2D eigenvalue weighted by Gasteiger charge is 2.44. The van der Waals surface area contributed by atoms with Crippen LogP contribution in [-0.2, 0) is 0 Å². The van der Waals surface area contributed by atoms with E-state index in [1.165, 1.54) is 24.3 Å². The predicted molar refractivity (Wildman–Crippen MR) is 125 cm³/mol. The van der Waals surface area contributed by atoms with E-state index in [9.17, 15) is 14.7 Å². The van der Waals surface area contributed by atoms with Gasteiger partial charge in [-0.1, -0.05) is 17.7 Å². The van der Waals surface area contributed by atoms with Gasteiger partial charge in [-0.3, -0.25) is 14.5 Å². The number of halogens is 1. The number of aromatic nitrogens is 1. The quantitative estimate of drug-likeness (QED) is 0.464. The summed E-state index contributed by atoms with van der Waals surface area (Å²) in [6, 6.07) is 10.6. The second-order valence-electron chi connectivity index (χ2n) is 7.95. The van der Waals surface area contributed by atoms with Gasteiger partial charge < -0.3 is 14.3 Å². The van der Waals surface area contributed by atoms with Gasteiger partial charge in [0.2, 0.25) is 5.76 Å². The van der Waals surface area contributed by atoms with Crippen LogP contribution in [0.5, 0.6) is 11.5 Å². The molecule has 0 bridgehead atoms. The van der Waals surface area contributed by atoms with Gasteiger partial charge in [-0.05, 0) is 66.9 Å². The Hall–Kier alpha value is -3.84. The lowest BCUT2D eigenvalue weighted by Gasteiger charge is -2.24. The minimum atomic E-state index is -0.835. The molecule has 7 nitrogen and oxygen atoms in total. The summed E-state index contributed by atoms with van der Waals surface area (Å²) >= 11 is 6.00. The zero-order valence-corrected chi connectivity index (χ0v) is 18.8. The maximum absolute atomic E-state index is 13.7. The number of phenols is 1. The number of amides is 1. The molecule has 166 valence electrons. The number of carbonyl (C=O) groups is 1. The van der Waals surface area contributed by atoms with Crippen LogP contribution in [0.2, 0.25) is 5.02 Å². The number of ether oxygens (including phenoxy) is 1. The summed E-state index contributed by atoms with van der Waals surface area (Å²) in [5, 5.41) is 10.9. The number of carbonyl (C=O) groups excluding carboxylic acids is 1. The molecule has 1 N–H and O–H groups in total. The van der Waals surface area contributed by atoms with E-state index < -0.39 is 11.9 Å². The third-order valence-electron chi connectivity index (χ3n) is 5.96. The molecule has 1 aliphatic rings. The maximum Gasteiger partial charge on any atom is 0.296 e. The van der Waals surface area contributed by atoms with E-state index in [1.54, 1.807) is 36.4 Å². The van der Waals surface area contributed by atoms with Crippen LogP contribution in [0.25, 0.3) is 11.0 Å². The van der Waals surface area contributed by atoms with Crippen molar-refractivity contribution in [3.63, 3.8) is 0 Å². The summed E-state index contributed by atoms with van der Waals surface area (Å²) in [6.45, 7) is 3.83. The van der Waals surface area contributed by atoms with Crippen molar-refractivity contribution in [3.8, 4) is 11.5 Å². The van der Waals surface area contributed by atoms with Gasteiger partial charge in [-0.2, -0.15) is 0 Å². The van der Waals surface area contributed by atoms with Crippen molar-refractivity contribution < 1.29 is 19.1 Å². The molecule has 0 fully saturated rings. The molecule has 1 aliphatic heterocycles. The van der Waals surface area contributed by atoms with Crippen molar-refractivity contribution in [1.29, 1.82) is 0 Å². The van der Waals surface area contributed by atoms with Gasteiger partial charge in [0.15, 0.2) is 16.9 Å². The predicted octanol–water partition coefficient (Wildman–Crippen LogP) is 4.92. The van der Waals surface area contributed by atoms with E-state index in [0.717, 1.165) is 11.1 Å². The molecule has 1 amide bonds. The van der Waals surface area contributed by atoms with Crippen LogP contribution in [0, 0.1) is 13.8 Å². The van der Waals surface area contributed by atoms with Crippen LogP contribution in [0.1, 0.15) is 38.9 Å². The Morgan fingerprint density at radius 2 is 1.85 bits per heavy atom. The number of benzene rings is 2. The van der Waals surface area contributed by atoms with Crippen molar-refractivity contribution in [2.75, 3.05) is 12.0 Å². The molecule has 1 unspecified atom stereocenters. The molecule has 5 rings (SSSR count). The molecular weight excluding hydrogens is 444 g/mol. The number of aromatic hydroxyl groups is 1. The fourth-order valence-electron chi connectivity index (χ4n) is 4.15. The number of methoxy groups -OCH3 is 1. The van der Waals surface area contributed by atoms with Gasteiger partial charge in [0.25, 0.3) is 5.91 Å². The lowest BCUT2D eigenvalue weighted by Crippen LogP contribution is -2.30. The second kappa shape index (κ2) is 7.64. The summed E-state index contributed by atoms with van der Waals surface area (Å²) < 4.78 is 11.3. The highest BCUT2D eigenvalue weighted by molar-refractivity contribution is 6.30. The first-order valence-corrected chi connectivity index (χ1v) is 10.6. The smallest absolute Gasteiger partial charge is 0.296 e. The first kappa shape index (κ1) is 21.0. The SMILES string of the molecule is COc1cc(C2c3c(oc4cc(C)c(C)cc4c3=O)C(=O)N2c2ccc(Cl)cn2)ccc1O. The fraction of sp³-hybridized carbons (Fsp3) is 0.160. The monoisotopic (exact) mass is 462 g/mol. The van der Waals surface area contributed by atoms with Gasteiger partial charge in [0.05, 0.1) is 29.1 Å². The Labute approximate surface area is 193 Å². The Kier molecular flexibility index (Phi) is 4.87. The van der Waals surface area contributed by atoms with Crippen LogP contribution in [0.4, 0.5) is 5.82 Å². The number of hydrogen-bond acceptors (Lipinski definition) is 6. The first-order valence-electron chi connectivity index (χ1n) is 10.2. The van der Waals surface area contributed by atoms with E-state index in [-0.39, 0.29) is 28.3 Å². The van der Waals surface area contributed by atoms with Crippen LogP contribution >= 0.6 is 11.6 Å². The zero-order chi connectivity index (χ0) is 23.4. The number of nitrogens with zero attached hydrogens (tertiary/aromatic N) is 2. The molecule has 8 heteroatoms. The molecule has 2 aromatic carbocycles. The lowest BCUT2D eigenvalue weighted by atomic mass is 9.97. The number of rotatable bonds is 3. The molecule has 2 aromatic heterocycles. The van der Waals surface area contributed by atoms with Crippen molar-refractivity contribution >= 4 is 34.3 Å². The highest BCUT2D eigenvalue weighted by atomic mass is 35.5. The second-order valence-corrected chi connectivity index (χ2v) is 8.39. The van der Waals surface area contributed by atoms with E-state index in [4.69, 9.17) is 20.8 Å². The molecule has 0 saturated heterocycles. The molecular formula is C25H19ClN2O5. The molecule has 1 atom stereocenters. The van der Waals surface area contributed by atoms with Gasteiger partial charge >= 0.3 is 0 Å².